The van der Waals surface area contributed by atoms with Crippen molar-refractivity contribution in [1.82, 2.24) is 29.6 Å². The Labute approximate surface area is 208 Å². The molecular formula is C25H29N7O4. The van der Waals surface area contributed by atoms with Crippen molar-refractivity contribution in [3.63, 3.8) is 0 Å². The number of amides is 1. The highest BCUT2D eigenvalue weighted by Crippen LogP contribution is 2.37. The van der Waals surface area contributed by atoms with Crippen LogP contribution in [0.1, 0.15) is 19.4 Å². The van der Waals surface area contributed by atoms with E-state index in [9.17, 15) is 9.90 Å². The number of aromatic nitrogens is 5. The van der Waals surface area contributed by atoms with Crippen LogP contribution in [0.25, 0.3) is 33.3 Å². The molecule has 11 nitrogen and oxygen atoms in total. The first-order chi connectivity index (χ1) is 17.3. The third kappa shape index (κ3) is 4.15. The molecule has 4 heterocycles. The van der Waals surface area contributed by atoms with Gasteiger partial charge in [-0.3, -0.25) is 9.58 Å². The van der Waals surface area contributed by atoms with Crippen LogP contribution in [0.15, 0.2) is 30.6 Å². The summed E-state index contributed by atoms with van der Waals surface area (Å²) < 4.78 is 12.9. The number of hydrogen-bond acceptors (Lipinski definition) is 8. The molecule has 1 aliphatic rings. The fraction of sp³-hybridized carbons (Fsp3) is 0.400. The minimum absolute atomic E-state index is 0.106. The first-order valence-electron chi connectivity index (χ1n) is 11.8. The molecule has 0 radical (unpaired) electrons. The number of anilines is 1. The van der Waals surface area contributed by atoms with Crippen LogP contribution in [0.2, 0.25) is 0 Å². The summed E-state index contributed by atoms with van der Waals surface area (Å²) in [5.41, 5.74) is 4.49. The van der Waals surface area contributed by atoms with Crippen LogP contribution in [0, 0.1) is 6.92 Å². The summed E-state index contributed by atoms with van der Waals surface area (Å²) in [7, 11) is 3.47. The Kier molecular flexibility index (Phi) is 6.09. The number of nitrogens with zero attached hydrogens (tertiary/aromatic N) is 7. The zero-order chi connectivity index (χ0) is 25.6. The van der Waals surface area contributed by atoms with Crippen LogP contribution in [-0.4, -0.2) is 79.9 Å². The first-order valence-corrected chi connectivity index (χ1v) is 11.8. The summed E-state index contributed by atoms with van der Waals surface area (Å²) in [6, 6.07) is 5.52. The third-order valence-corrected chi connectivity index (χ3v) is 6.55. The van der Waals surface area contributed by atoms with Crippen LogP contribution < -0.4 is 9.64 Å². The van der Waals surface area contributed by atoms with E-state index in [0.29, 0.717) is 41.5 Å². The van der Waals surface area contributed by atoms with Crippen molar-refractivity contribution >= 4 is 34.0 Å². The van der Waals surface area contributed by atoms with E-state index in [1.807, 2.05) is 52.2 Å². The lowest BCUT2D eigenvalue weighted by molar-refractivity contribution is 0.0511. The number of methoxy groups -OCH3 is 1. The number of hydrogen-bond donors (Lipinski definition) is 1. The number of aryl methyl sites for hydroxylation is 2. The molecule has 1 fully saturated rings. The normalized spacial score (nSPS) is 18.2. The number of carboxylic acid groups (broad SMARTS) is 1. The molecule has 0 unspecified atom stereocenters. The Morgan fingerprint density at radius 1 is 1.19 bits per heavy atom. The number of piperazine rings is 1. The zero-order valence-corrected chi connectivity index (χ0v) is 21.0. The monoisotopic (exact) mass is 491 g/mol. The fourth-order valence-electron chi connectivity index (χ4n) is 5.01. The van der Waals surface area contributed by atoms with E-state index in [0.717, 1.165) is 22.0 Å². The molecule has 0 bridgehead atoms. The molecule has 5 rings (SSSR count). The predicted molar refractivity (Wildman–Crippen MR) is 135 cm³/mol. The average molecular weight is 492 g/mol. The van der Waals surface area contributed by atoms with Gasteiger partial charge < -0.3 is 19.5 Å². The van der Waals surface area contributed by atoms with Crippen LogP contribution in [0.4, 0.5) is 10.6 Å². The molecule has 2 atom stereocenters. The van der Waals surface area contributed by atoms with Gasteiger partial charge in [0.2, 0.25) is 0 Å². The van der Waals surface area contributed by atoms with Gasteiger partial charge in [-0.1, -0.05) is 0 Å². The van der Waals surface area contributed by atoms with Gasteiger partial charge in [-0.25, -0.2) is 19.7 Å². The molecule has 0 aliphatic carbocycles. The quantitative estimate of drug-likeness (QED) is 0.419. The van der Waals surface area contributed by atoms with E-state index in [-0.39, 0.29) is 18.9 Å². The second-order valence-electron chi connectivity index (χ2n) is 9.23. The van der Waals surface area contributed by atoms with E-state index in [1.54, 1.807) is 18.0 Å². The van der Waals surface area contributed by atoms with Crippen molar-refractivity contribution in [3.05, 3.63) is 36.2 Å². The minimum Gasteiger partial charge on any atom is -0.466 e. The van der Waals surface area contributed by atoms with Gasteiger partial charge in [0.25, 0.3) is 0 Å². The van der Waals surface area contributed by atoms with E-state index in [4.69, 9.17) is 19.4 Å². The van der Waals surface area contributed by atoms with Crippen molar-refractivity contribution < 1.29 is 19.4 Å². The van der Waals surface area contributed by atoms with E-state index in [1.165, 1.54) is 4.90 Å². The molecule has 1 aliphatic heterocycles. The maximum absolute atomic E-state index is 11.6. The van der Waals surface area contributed by atoms with Crippen molar-refractivity contribution in [3.8, 4) is 17.0 Å². The molecule has 0 spiro atoms. The number of pyridine rings is 1. The predicted octanol–water partition coefficient (Wildman–Crippen LogP) is 3.45. The van der Waals surface area contributed by atoms with Crippen LogP contribution in [0.5, 0.6) is 5.75 Å². The second kappa shape index (κ2) is 9.23. The summed E-state index contributed by atoms with van der Waals surface area (Å²) in [6.07, 6.45) is 2.77. The van der Waals surface area contributed by atoms with E-state index in [2.05, 4.69) is 15.0 Å². The molecule has 11 heteroatoms. The highest BCUT2D eigenvalue weighted by molar-refractivity contribution is 5.91. The number of benzene rings is 1. The Bertz CT molecular complexity index is 1440. The highest BCUT2D eigenvalue weighted by Gasteiger charge is 2.33. The van der Waals surface area contributed by atoms with Gasteiger partial charge in [-0.15, -0.1) is 0 Å². The third-order valence-electron chi connectivity index (χ3n) is 6.55. The van der Waals surface area contributed by atoms with Gasteiger partial charge in [0.1, 0.15) is 17.1 Å². The summed E-state index contributed by atoms with van der Waals surface area (Å²) in [5.74, 6) is 1.37. The van der Waals surface area contributed by atoms with Crippen LogP contribution in [-0.2, 0) is 11.8 Å². The van der Waals surface area contributed by atoms with Crippen molar-refractivity contribution in [2.45, 2.75) is 32.9 Å². The number of carbonyl (C=O) groups is 1. The standard InChI is InChI=1S/C25H29N7O4/c1-14-10-31(11-15(2)32(14)25(33)34)21-9-26-24-20(27-21)7-6-19(28-24)18-8-17-12-30(4)29-22(17)16(3)23(18)36-13-35-5/h6-9,12,14-15H,10-11,13H2,1-5H3,(H,33,34)/t14-,15+. The minimum atomic E-state index is -0.899. The number of ether oxygens (including phenoxy) is 2. The Hall–Kier alpha value is -3.99. The Morgan fingerprint density at radius 3 is 2.64 bits per heavy atom. The van der Waals surface area contributed by atoms with Gasteiger partial charge >= 0.3 is 6.09 Å². The van der Waals surface area contributed by atoms with Gasteiger partial charge in [-0.05, 0) is 39.0 Å². The fourth-order valence-corrected chi connectivity index (χ4v) is 5.01. The lowest BCUT2D eigenvalue weighted by atomic mass is 10.0. The number of rotatable bonds is 5. The summed E-state index contributed by atoms with van der Waals surface area (Å²) in [4.78, 5) is 29.3. The first kappa shape index (κ1) is 23.7. The molecule has 36 heavy (non-hydrogen) atoms. The van der Waals surface area contributed by atoms with Crippen molar-refractivity contribution in [2.24, 2.45) is 7.05 Å². The molecule has 1 amide bonds. The summed E-state index contributed by atoms with van der Waals surface area (Å²) >= 11 is 0. The van der Waals surface area contributed by atoms with Gasteiger partial charge in [0.15, 0.2) is 12.4 Å². The summed E-state index contributed by atoms with van der Waals surface area (Å²) in [6.45, 7) is 6.99. The van der Waals surface area contributed by atoms with Crippen molar-refractivity contribution in [1.29, 1.82) is 0 Å². The molecule has 3 aromatic heterocycles. The van der Waals surface area contributed by atoms with Crippen molar-refractivity contribution in [2.75, 3.05) is 31.9 Å². The van der Waals surface area contributed by atoms with Crippen LogP contribution in [0.3, 0.4) is 0 Å². The highest BCUT2D eigenvalue weighted by atomic mass is 16.7. The van der Waals surface area contributed by atoms with Gasteiger partial charge in [-0.2, -0.15) is 5.10 Å². The average Bonchev–Trinajstić information content (AvgIpc) is 3.22. The largest absolute Gasteiger partial charge is 0.466 e. The van der Waals surface area contributed by atoms with E-state index >= 15 is 0 Å². The Balaban J connectivity index is 1.51. The molecule has 1 N–H and O–H groups in total. The molecule has 1 aromatic carbocycles. The molecule has 1 saturated heterocycles. The van der Waals surface area contributed by atoms with Crippen LogP contribution >= 0.6 is 0 Å². The second-order valence-corrected chi connectivity index (χ2v) is 9.23. The Morgan fingerprint density at radius 2 is 1.94 bits per heavy atom. The maximum Gasteiger partial charge on any atom is 0.407 e. The van der Waals surface area contributed by atoms with E-state index < -0.39 is 6.09 Å². The van der Waals surface area contributed by atoms with Gasteiger partial charge in [0.05, 0.1) is 29.5 Å². The SMILES string of the molecule is COCOc1c(-c2ccc3nc(N4C[C@@H](C)N(C(=O)O)[C@@H](C)C4)cnc3n2)cc2cn(C)nc2c1C. The lowest BCUT2D eigenvalue weighted by Crippen LogP contribution is -2.58. The number of fused-ring (bicyclic) bond motifs is 2. The zero-order valence-electron chi connectivity index (χ0n) is 21.0. The van der Waals surface area contributed by atoms with Gasteiger partial charge in [0, 0.05) is 50.0 Å². The molecule has 188 valence electrons. The summed E-state index contributed by atoms with van der Waals surface area (Å²) in [5, 5.41) is 15.0. The molecule has 4 aromatic rings. The molecular weight excluding hydrogens is 462 g/mol. The smallest absolute Gasteiger partial charge is 0.407 e. The maximum atomic E-state index is 11.6. The topological polar surface area (TPSA) is 119 Å². The molecule has 0 saturated carbocycles. The lowest BCUT2D eigenvalue weighted by Gasteiger charge is -2.43.